The summed E-state index contributed by atoms with van der Waals surface area (Å²) in [7, 11) is 0. The minimum absolute atomic E-state index is 0.368. The Balaban J connectivity index is 2.34. The molecule has 0 saturated carbocycles. The standard InChI is InChI=1S/C17H25N3O3/c1-5-17(6-2)20(14(15(18)21)12(4)23-17)16(22)19-13-9-7-8-11(3)10-13/h7-10,12,14H,5-6H2,1-4H3,(H2,18,21)(H,19,22). The van der Waals surface area contributed by atoms with E-state index < -0.39 is 23.8 Å². The van der Waals surface area contributed by atoms with Gasteiger partial charge < -0.3 is 15.8 Å². The number of hydrogen-bond acceptors (Lipinski definition) is 3. The van der Waals surface area contributed by atoms with E-state index in [0.29, 0.717) is 18.5 Å². The van der Waals surface area contributed by atoms with E-state index >= 15 is 0 Å². The highest BCUT2D eigenvalue weighted by atomic mass is 16.5. The van der Waals surface area contributed by atoms with Crippen LogP contribution in [0.2, 0.25) is 0 Å². The third kappa shape index (κ3) is 3.17. The van der Waals surface area contributed by atoms with Gasteiger partial charge in [-0.2, -0.15) is 0 Å². The molecule has 0 aromatic heterocycles. The van der Waals surface area contributed by atoms with E-state index in [1.54, 1.807) is 6.92 Å². The maximum absolute atomic E-state index is 12.8. The maximum Gasteiger partial charge on any atom is 0.324 e. The Morgan fingerprint density at radius 2 is 2.00 bits per heavy atom. The summed E-state index contributed by atoms with van der Waals surface area (Å²) >= 11 is 0. The summed E-state index contributed by atoms with van der Waals surface area (Å²) in [5.74, 6) is -0.555. The molecular weight excluding hydrogens is 294 g/mol. The van der Waals surface area contributed by atoms with Gasteiger partial charge in [0, 0.05) is 5.69 Å². The van der Waals surface area contributed by atoms with Gasteiger partial charge in [-0.25, -0.2) is 4.79 Å². The van der Waals surface area contributed by atoms with Crippen molar-refractivity contribution in [3.8, 4) is 0 Å². The number of ether oxygens (including phenoxy) is 1. The van der Waals surface area contributed by atoms with Gasteiger partial charge in [0.1, 0.15) is 11.8 Å². The molecule has 3 amide bonds. The molecule has 3 N–H and O–H groups in total. The van der Waals surface area contributed by atoms with Crippen molar-refractivity contribution in [1.29, 1.82) is 0 Å². The molecule has 0 bridgehead atoms. The fourth-order valence-corrected chi connectivity index (χ4v) is 3.26. The number of primary amides is 1. The Hall–Kier alpha value is -2.08. The molecule has 1 fully saturated rings. The molecule has 6 heteroatoms. The average Bonchev–Trinajstić information content (AvgIpc) is 2.80. The summed E-state index contributed by atoms with van der Waals surface area (Å²) in [5, 5.41) is 2.85. The highest BCUT2D eigenvalue weighted by Crippen LogP contribution is 2.38. The first kappa shape index (κ1) is 17.3. The molecule has 0 radical (unpaired) electrons. The van der Waals surface area contributed by atoms with Crippen LogP contribution in [0.15, 0.2) is 24.3 Å². The highest BCUT2D eigenvalue weighted by molar-refractivity contribution is 5.94. The van der Waals surface area contributed by atoms with Gasteiger partial charge in [-0.15, -0.1) is 0 Å². The summed E-state index contributed by atoms with van der Waals surface area (Å²) < 4.78 is 5.98. The van der Waals surface area contributed by atoms with E-state index in [-0.39, 0.29) is 6.03 Å². The van der Waals surface area contributed by atoms with Crippen LogP contribution in [0.1, 0.15) is 39.2 Å². The molecule has 1 aliphatic rings. The summed E-state index contributed by atoms with van der Waals surface area (Å²) in [4.78, 5) is 26.2. The lowest BCUT2D eigenvalue weighted by Gasteiger charge is -2.37. The van der Waals surface area contributed by atoms with Gasteiger partial charge in [0.15, 0.2) is 0 Å². The lowest BCUT2D eigenvalue weighted by atomic mass is 10.0. The zero-order valence-corrected chi connectivity index (χ0v) is 14.1. The number of benzene rings is 1. The topological polar surface area (TPSA) is 84.7 Å². The van der Waals surface area contributed by atoms with Crippen molar-refractivity contribution in [2.24, 2.45) is 5.73 Å². The van der Waals surface area contributed by atoms with E-state index in [2.05, 4.69) is 5.32 Å². The van der Waals surface area contributed by atoms with Gasteiger partial charge in [0.25, 0.3) is 0 Å². The van der Waals surface area contributed by atoms with Crippen LogP contribution in [0.3, 0.4) is 0 Å². The molecular formula is C17H25N3O3. The van der Waals surface area contributed by atoms with Gasteiger partial charge in [-0.05, 0) is 44.4 Å². The quantitative estimate of drug-likeness (QED) is 0.894. The van der Waals surface area contributed by atoms with Gasteiger partial charge in [0.2, 0.25) is 5.91 Å². The summed E-state index contributed by atoms with van der Waals surface area (Å²) in [6.45, 7) is 7.60. The molecule has 0 aliphatic carbocycles. The van der Waals surface area contributed by atoms with Gasteiger partial charge in [0.05, 0.1) is 6.10 Å². The van der Waals surface area contributed by atoms with Gasteiger partial charge in [-0.1, -0.05) is 26.0 Å². The predicted molar refractivity (Wildman–Crippen MR) is 88.9 cm³/mol. The molecule has 0 spiro atoms. The zero-order valence-electron chi connectivity index (χ0n) is 14.1. The van der Waals surface area contributed by atoms with Crippen molar-refractivity contribution in [1.82, 2.24) is 4.90 Å². The Morgan fingerprint density at radius 3 is 2.52 bits per heavy atom. The third-order valence-corrected chi connectivity index (χ3v) is 4.45. The first-order valence-corrected chi connectivity index (χ1v) is 7.98. The Morgan fingerprint density at radius 1 is 1.35 bits per heavy atom. The minimum atomic E-state index is -0.812. The number of urea groups is 1. The number of carbonyl (C=O) groups excluding carboxylic acids is 2. The smallest absolute Gasteiger partial charge is 0.324 e. The monoisotopic (exact) mass is 319 g/mol. The SMILES string of the molecule is CCC1(CC)OC(C)C(C(N)=O)N1C(=O)Nc1cccc(C)c1. The number of hydrogen-bond donors (Lipinski definition) is 2. The number of carbonyl (C=O) groups is 2. The zero-order chi connectivity index (χ0) is 17.2. The molecule has 6 nitrogen and oxygen atoms in total. The molecule has 23 heavy (non-hydrogen) atoms. The van der Waals surface area contributed by atoms with Crippen LogP contribution in [-0.2, 0) is 9.53 Å². The lowest BCUT2D eigenvalue weighted by Crippen LogP contribution is -2.56. The number of amides is 3. The number of nitrogens with one attached hydrogen (secondary N) is 1. The highest BCUT2D eigenvalue weighted by Gasteiger charge is 2.54. The summed E-state index contributed by atoms with van der Waals surface area (Å²) in [6, 6.07) is 6.35. The molecule has 1 saturated heterocycles. The number of anilines is 1. The molecule has 126 valence electrons. The number of nitrogens with zero attached hydrogens (tertiary/aromatic N) is 1. The van der Waals surface area contributed by atoms with Crippen molar-refractivity contribution >= 4 is 17.6 Å². The second-order valence-corrected chi connectivity index (χ2v) is 5.99. The normalized spacial score (nSPS) is 22.9. The first-order valence-electron chi connectivity index (χ1n) is 7.98. The predicted octanol–water partition coefficient (Wildman–Crippen LogP) is 2.62. The maximum atomic E-state index is 12.8. The fourth-order valence-electron chi connectivity index (χ4n) is 3.26. The molecule has 1 aromatic carbocycles. The van der Waals surface area contributed by atoms with Gasteiger partial charge >= 0.3 is 6.03 Å². The van der Waals surface area contributed by atoms with E-state index in [4.69, 9.17) is 10.5 Å². The number of aryl methyl sites for hydroxylation is 1. The van der Waals surface area contributed by atoms with E-state index in [0.717, 1.165) is 5.56 Å². The van der Waals surface area contributed by atoms with Gasteiger partial charge in [-0.3, -0.25) is 9.69 Å². The Bertz CT molecular complexity index is 599. The van der Waals surface area contributed by atoms with Crippen LogP contribution in [0.25, 0.3) is 0 Å². The van der Waals surface area contributed by atoms with Crippen molar-refractivity contribution < 1.29 is 14.3 Å². The van der Waals surface area contributed by atoms with Crippen LogP contribution in [-0.4, -0.2) is 34.7 Å². The van der Waals surface area contributed by atoms with Crippen LogP contribution in [0.4, 0.5) is 10.5 Å². The molecule has 1 aliphatic heterocycles. The minimum Gasteiger partial charge on any atom is -0.368 e. The third-order valence-electron chi connectivity index (χ3n) is 4.45. The molecule has 1 aromatic rings. The van der Waals surface area contributed by atoms with Crippen LogP contribution < -0.4 is 11.1 Å². The van der Waals surface area contributed by atoms with Crippen molar-refractivity contribution in [3.05, 3.63) is 29.8 Å². The Kier molecular flexibility index (Phi) is 4.94. The van der Waals surface area contributed by atoms with E-state index in [1.807, 2.05) is 45.0 Å². The molecule has 1 heterocycles. The van der Waals surface area contributed by atoms with Crippen molar-refractivity contribution in [2.75, 3.05) is 5.32 Å². The average molecular weight is 319 g/mol. The summed E-state index contributed by atoms with van der Waals surface area (Å²) in [6.07, 6.45) is 0.730. The number of rotatable bonds is 4. The van der Waals surface area contributed by atoms with Crippen molar-refractivity contribution in [3.63, 3.8) is 0 Å². The van der Waals surface area contributed by atoms with Crippen LogP contribution in [0.5, 0.6) is 0 Å². The molecule has 2 atom stereocenters. The van der Waals surface area contributed by atoms with Crippen LogP contribution in [0, 0.1) is 6.92 Å². The largest absolute Gasteiger partial charge is 0.368 e. The van der Waals surface area contributed by atoms with E-state index in [9.17, 15) is 9.59 Å². The van der Waals surface area contributed by atoms with Crippen LogP contribution >= 0.6 is 0 Å². The van der Waals surface area contributed by atoms with E-state index in [1.165, 1.54) is 4.90 Å². The first-order chi connectivity index (χ1) is 10.8. The fraction of sp³-hybridized carbons (Fsp3) is 0.529. The second kappa shape index (κ2) is 6.58. The van der Waals surface area contributed by atoms with Crippen molar-refractivity contribution in [2.45, 2.75) is 58.4 Å². The summed E-state index contributed by atoms with van der Waals surface area (Å²) in [5.41, 5.74) is 6.43. The second-order valence-electron chi connectivity index (χ2n) is 5.99. The Labute approximate surface area is 137 Å². The number of nitrogens with two attached hydrogens (primary N) is 1. The molecule has 2 rings (SSSR count). The lowest BCUT2D eigenvalue weighted by molar-refractivity contribution is -0.122. The molecule has 2 unspecified atom stereocenters.